The van der Waals surface area contributed by atoms with E-state index >= 15 is 0 Å². The van der Waals surface area contributed by atoms with Crippen LogP contribution < -0.4 is 9.64 Å². The Morgan fingerprint density at radius 1 is 1.17 bits per heavy atom. The summed E-state index contributed by atoms with van der Waals surface area (Å²) in [5.74, 6) is 0.703. The first-order valence-electron chi connectivity index (χ1n) is 8.17. The average molecular weight is 342 g/mol. The molecular formula is C19H22N2O2S. The maximum atomic E-state index is 13.3. The number of carbonyl (C=O) groups is 1. The Labute approximate surface area is 147 Å². The lowest BCUT2D eigenvalue weighted by Crippen LogP contribution is -2.43. The highest BCUT2D eigenvalue weighted by molar-refractivity contribution is 8.01. The molecule has 0 unspecified atom stereocenters. The standard InChI is InChI=1S/C19H22N2O2S/c1-21(15-10-11-17(23-2)20-14-15)18(22)19(12-6-7-13-19)24-16-8-4-3-5-9-16/h3-5,8-11,14H,6-7,12-13H2,1-2H3. The highest BCUT2D eigenvalue weighted by Crippen LogP contribution is 2.46. The van der Waals surface area contributed by atoms with Crippen LogP contribution in [-0.2, 0) is 4.79 Å². The van der Waals surface area contributed by atoms with Gasteiger partial charge in [0.05, 0.1) is 23.7 Å². The molecule has 1 amide bonds. The number of benzene rings is 1. The van der Waals surface area contributed by atoms with E-state index in [0.29, 0.717) is 5.88 Å². The molecule has 1 aromatic carbocycles. The molecular weight excluding hydrogens is 320 g/mol. The summed E-state index contributed by atoms with van der Waals surface area (Å²) in [7, 11) is 3.42. The number of methoxy groups -OCH3 is 1. The Bertz CT molecular complexity index is 682. The summed E-state index contributed by atoms with van der Waals surface area (Å²) in [6.45, 7) is 0. The van der Waals surface area contributed by atoms with Gasteiger partial charge in [-0.2, -0.15) is 0 Å². The molecule has 1 heterocycles. The second-order valence-corrected chi connectivity index (χ2v) is 7.50. The van der Waals surface area contributed by atoms with E-state index in [2.05, 4.69) is 17.1 Å². The lowest BCUT2D eigenvalue weighted by molar-refractivity contribution is -0.120. The van der Waals surface area contributed by atoms with Gasteiger partial charge in [-0.15, -0.1) is 11.8 Å². The Kier molecular flexibility index (Phi) is 5.09. The van der Waals surface area contributed by atoms with Crippen LogP contribution in [0.2, 0.25) is 0 Å². The van der Waals surface area contributed by atoms with Crippen molar-refractivity contribution in [2.75, 3.05) is 19.1 Å². The second-order valence-electron chi connectivity index (χ2n) is 6.04. The van der Waals surface area contributed by atoms with Crippen LogP contribution >= 0.6 is 11.8 Å². The van der Waals surface area contributed by atoms with E-state index in [-0.39, 0.29) is 10.7 Å². The normalized spacial score (nSPS) is 15.9. The second kappa shape index (κ2) is 7.26. The molecule has 1 aromatic heterocycles. The van der Waals surface area contributed by atoms with Crippen molar-refractivity contribution in [3.8, 4) is 5.88 Å². The van der Waals surface area contributed by atoms with Gasteiger partial charge in [-0.3, -0.25) is 4.79 Å². The smallest absolute Gasteiger partial charge is 0.243 e. The van der Waals surface area contributed by atoms with Crippen LogP contribution in [0.25, 0.3) is 0 Å². The van der Waals surface area contributed by atoms with Crippen LogP contribution in [0, 0.1) is 0 Å². The van der Waals surface area contributed by atoms with Crippen molar-refractivity contribution in [1.29, 1.82) is 0 Å². The number of aromatic nitrogens is 1. The van der Waals surface area contributed by atoms with Gasteiger partial charge in [0.2, 0.25) is 11.8 Å². The third kappa shape index (κ3) is 3.41. The van der Waals surface area contributed by atoms with Crippen LogP contribution in [0.3, 0.4) is 0 Å². The maximum Gasteiger partial charge on any atom is 0.243 e. The number of nitrogens with zero attached hydrogens (tertiary/aromatic N) is 2. The lowest BCUT2D eigenvalue weighted by Gasteiger charge is -2.31. The summed E-state index contributed by atoms with van der Waals surface area (Å²) in [6, 6.07) is 13.9. The number of rotatable bonds is 5. The van der Waals surface area contributed by atoms with E-state index in [9.17, 15) is 4.79 Å². The number of pyridine rings is 1. The lowest BCUT2D eigenvalue weighted by atomic mass is 10.1. The van der Waals surface area contributed by atoms with Gasteiger partial charge in [0.25, 0.3) is 0 Å². The zero-order valence-corrected chi connectivity index (χ0v) is 14.9. The van der Waals surface area contributed by atoms with Crippen molar-refractivity contribution >= 4 is 23.4 Å². The van der Waals surface area contributed by atoms with E-state index < -0.39 is 0 Å². The SMILES string of the molecule is COc1ccc(N(C)C(=O)C2(Sc3ccccc3)CCCC2)cn1. The molecule has 1 fully saturated rings. The molecule has 2 aromatic rings. The average Bonchev–Trinajstić information content (AvgIpc) is 3.11. The first-order valence-corrected chi connectivity index (χ1v) is 8.98. The Morgan fingerprint density at radius 3 is 2.46 bits per heavy atom. The number of ether oxygens (including phenoxy) is 1. The van der Waals surface area contributed by atoms with E-state index in [4.69, 9.17) is 4.74 Å². The fourth-order valence-corrected chi connectivity index (χ4v) is 4.60. The molecule has 0 spiro atoms. The molecule has 0 saturated heterocycles. The van der Waals surface area contributed by atoms with Gasteiger partial charge in [-0.25, -0.2) is 4.98 Å². The minimum absolute atomic E-state index is 0.154. The van der Waals surface area contributed by atoms with Crippen LogP contribution in [0.5, 0.6) is 5.88 Å². The molecule has 5 heteroatoms. The third-order valence-corrected chi connectivity index (χ3v) is 5.96. The molecule has 0 radical (unpaired) electrons. The molecule has 4 nitrogen and oxygen atoms in total. The first-order chi connectivity index (χ1) is 11.6. The number of anilines is 1. The molecule has 3 rings (SSSR count). The molecule has 1 aliphatic carbocycles. The number of carbonyl (C=O) groups excluding carboxylic acids is 1. The van der Waals surface area contributed by atoms with Crippen LogP contribution in [-0.4, -0.2) is 29.8 Å². The molecule has 1 saturated carbocycles. The number of thioether (sulfide) groups is 1. The maximum absolute atomic E-state index is 13.3. The van der Waals surface area contributed by atoms with Gasteiger partial charge in [0, 0.05) is 18.0 Å². The van der Waals surface area contributed by atoms with Crippen LogP contribution in [0.1, 0.15) is 25.7 Å². The molecule has 24 heavy (non-hydrogen) atoms. The molecule has 0 bridgehead atoms. The van der Waals surface area contributed by atoms with Crippen molar-refractivity contribution in [3.05, 3.63) is 48.7 Å². The summed E-state index contributed by atoms with van der Waals surface area (Å²) in [5, 5.41) is 0. The fourth-order valence-electron chi connectivity index (χ4n) is 3.13. The van der Waals surface area contributed by atoms with E-state index in [1.165, 1.54) is 0 Å². The third-order valence-electron chi connectivity index (χ3n) is 4.48. The quantitative estimate of drug-likeness (QED) is 0.818. The predicted octanol–water partition coefficient (Wildman–Crippen LogP) is 4.16. The summed E-state index contributed by atoms with van der Waals surface area (Å²) in [6.07, 6.45) is 5.71. The van der Waals surface area contributed by atoms with Gasteiger partial charge < -0.3 is 9.64 Å². The Hall–Kier alpha value is -2.01. The van der Waals surface area contributed by atoms with Crippen molar-refractivity contribution in [2.45, 2.75) is 35.3 Å². The van der Waals surface area contributed by atoms with Gasteiger partial charge in [-0.1, -0.05) is 31.0 Å². The van der Waals surface area contributed by atoms with Crippen molar-refractivity contribution in [3.63, 3.8) is 0 Å². The topological polar surface area (TPSA) is 42.4 Å². The number of hydrogen-bond acceptors (Lipinski definition) is 4. The largest absolute Gasteiger partial charge is 0.481 e. The van der Waals surface area contributed by atoms with Crippen LogP contribution in [0.15, 0.2) is 53.6 Å². The van der Waals surface area contributed by atoms with Crippen LogP contribution in [0.4, 0.5) is 5.69 Å². The van der Waals surface area contributed by atoms with Crippen molar-refractivity contribution in [1.82, 2.24) is 4.98 Å². The van der Waals surface area contributed by atoms with E-state index in [1.54, 1.807) is 36.0 Å². The number of amides is 1. The van der Waals surface area contributed by atoms with E-state index in [1.807, 2.05) is 31.3 Å². The predicted molar refractivity (Wildman–Crippen MR) is 97.7 cm³/mol. The summed E-state index contributed by atoms with van der Waals surface area (Å²) in [5.41, 5.74) is 0.792. The zero-order valence-electron chi connectivity index (χ0n) is 14.1. The minimum Gasteiger partial charge on any atom is -0.481 e. The monoisotopic (exact) mass is 342 g/mol. The molecule has 0 aliphatic heterocycles. The molecule has 126 valence electrons. The van der Waals surface area contributed by atoms with Gasteiger partial charge in [0.1, 0.15) is 0 Å². The van der Waals surface area contributed by atoms with Crippen molar-refractivity contribution in [2.24, 2.45) is 0 Å². The van der Waals surface area contributed by atoms with E-state index in [0.717, 1.165) is 36.3 Å². The summed E-state index contributed by atoms with van der Waals surface area (Å²) < 4.78 is 4.71. The van der Waals surface area contributed by atoms with Gasteiger partial charge in [-0.05, 0) is 31.0 Å². The first kappa shape index (κ1) is 16.8. The fraction of sp³-hybridized carbons (Fsp3) is 0.368. The number of hydrogen-bond donors (Lipinski definition) is 0. The highest BCUT2D eigenvalue weighted by atomic mass is 32.2. The van der Waals surface area contributed by atoms with Crippen molar-refractivity contribution < 1.29 is 9.53 Å². The molecule has 1 aliphatic rings. The zero-order chi connectivity index (χ0) is 17.0. The highest BCUT2D eigenvalue weighted by Gasteiger charge is 2.44. The van der Waals surface area contributed by atoms with Gasteiger partial charge in [0.15, 0.2) is 0 Å². The summed E-state index contributed by atoms with van der Waals surface area (Å²) >= 11 is 1.70. The minimum atomic E-state index is -0.379. The molecule has 0 atom stereocenters. The Morgan fingerprint density at radius 2 is 1.88 bits per heavy atom. The summed E-state index contributed by atoms with van der Waals surface area (Å²) in [4.78, 5) is 20.4. The van der Waals surface area contributed by atoms with Gasteiger partial charge >= 0.3 is 0 Å². The molecule has 0 N–H and O–H groups in total. The Balaban J connectivity index is 1.83.